The maximum absolute atomic E-state index is 7.35. The van der Waals surface area contributed by atoms with Gasteiger partial charge in [0.15, 0.2) is 0 Å². The summed E-state index contributed by atoms with van der Waals surface area (Å²) < 4.78 is 30.7. The van der Waals surface area contributed by atoms with E-state index in [1.807, 2.05) is 42.6 Å². The van der Waals surface area contributed by atoms with E-state index >= 15 is 0 Å². The van der Waals surface area contributed by atoms with Gasteiger partial charge in [0.1, 0.15) is 5.58 Å². The van der Waals surface area contributed by atoms with E-state index in [4.69, 9.17) is 13.5 Å². The Morgan fingerprint density at radius 1 is 0.672 bits per heavy atom. The van der Waals surface area contributed by atoms with Crippen LogP contribution in [0, 0.1) is 19.0 Å². The van der Waals surface area contributed by atoms with E-state index in [9.17, 15) is 0 Å². The molecule has 0 aliphatic carbocycles. The molecule has 285 valence electrons. The number of benzene rings is 7. The fourth-order valence-corrected chi connectivity index (χ4v) is 8.30. The molecule has 0 unspecified atom stereocenters. The largest absolute Gasteiger partial charge is 0.501 e. The third-order valence-electron chi connectivity index (χ3n) is 10.3. The molecular weight excluding hydrogens is 903 g/mol. The number of pyridine rings is 1. The zero-order valence-corrected chi connectivity index (χ0v) is 35.7. The van der Waals surface area contributed by atoms with Crippen molar-refractivity contribution in [3.05, 3.63) is 194 Å². The number of rotatable bonds is 6. The van der Waals surface area contributed by atoms with Gasteiger partial charge in [0, 0.05) is 47.1 Å². The van der Waals surface area contributed by atoms with E-state index in [1.165, 1.54) is 22.4 Å². The minimum absolute atomic E-state index is 0. The van der Waals surface area contributed by atoms with E-state index in [0.29, 0.717) is 5.56 Å². The first-order valence-corrected chi connectivity index (χ1v) is 22.6. The molecule has 0 amide bonds. The quantitative estimate of drug-likeness (QED) is 0.123. The molecule has 1 radical (unpaired) electrons. The fourth-order valence-electron chi connectivity index (χ4n) is 7.27. The summed E-state index contributed by atoms with van der Waals surface area (Å²) in [5, 5.41) is 3.46. The van der Waals surface area contributed by atoms with Crippen LogP contribution in [-0.2, 0) is 20.1 Å². The van der Waals surface area contributed by atoms with Crippen LogP contribution < -0.4 is 5.19 Å². The molecular formula is C52H41IrN3OSi-2. The van der Waals surface area contributed by atoms with E-state index in [0.717, 1.165) is 72.4 Å². The summed E-state index contributed by atoms with van der Waals surface area (Å²) in [6.07, 6.45) is 1.92. The van der Waals surface area contributed by atoms with Crippen LogP contribution in [0.3, 0.4) is 0 Å². The molecule has 4 nitrogen and oxygen atoms in total. The number of para-hydroxylation sites is 3. The monoisotopic (exact) mass is 947 g/mol. The molecule has 10 aromatic rings. The average molecular weight is 947 g/mol. The predicted octanol–water partition coefficient (Wildman–Crippen LogP) is 13.1. The van der Waals surface area contributed by atoms with Crippen molar-refractivity contribution in [1.82, 2.24) is 14.5 Å². The van der Waals surface area contributed by atoms with E-state index in [-0.39, 0.29) is 20.1 Å². The standard InChI is InChI=1S/C37H23N2O.C15H18NSi.Ir/c1-3-12-25(13-4-1)27-22-23-33(31(24-27)26-14-5-2-6-15-26)39-34-20-9-8-19-32(34)38-37(39)30-18-11-17-29-28-16-7-10-21-35(28)40-36(29)30;1-12-5-7-13(8-6-12)15-10-9-14(11-16-15)17(2,3)4;/h1-17,19-24H;5-7,9-11H,1-4H3;/q2*-1;/i;1D3;. The van der Waals surface area contributed by atoms with Gasteiger partial charge in [-0.2, -0.15) is 0 Å². The van der Waals surface area contributed by atoms with Gasteiger partial charge in [-0.15, -0.1) is 53.6 Å². The molecule has 0 atom stereocenters. The Kier molecular flexibility index (Phi) is 9.88. The van der Waals surface area contributed by atoms with E-state index < -0.39 is 14.9 Å². The van der Waals surface area contributed by atoms with Crippen LogP contribution in [0.5, 0.6) is 0 Å². The van der Waals surface area contributed by atoms with Crippen molar-refractivity contribution >= 4 is 46.2 Å². The minimum Gasteiger partial charge on any atom is -0.501 e. The Morgan fingerprint density at radius 2 is 1.41 bits per heavy atom. The summed E-state index contributed by atoms with van der Waals surface area (Å²) in [5.74, 6) is 0.801. The van der Waals surface area contributed by atoms with Gasteiger partial charge in [0.25, 0.3) is 0 Å². The molecule has 0 bridgehead atoms. The molecule has 0 aliphatic rings. The molecule has 0 fully saturated rings. The normalized spacial score (nSPS) is 12.3. The summed E-state index contributed by atoms with van der Waals surface area (Å²) in [6, 6.07) is 63.7. The van der Waals surface area contributed by atoms with Crippen molar-refractivity contribution in [2.24, 2.45) is 0 Å². The van der Waals surface area contributed by atoms with Gasteiger partial charge in [0.05, 0.1) is 30.5 Å². The van der Waals surface area contributed by atoms with Gasteiger partial charge < -0.3 is 14.0 Å². The second-order valence-corrected chi connectivity index (χ2v) is 20.2. The van der Waals surface area contributed by atoms with E-state index in [1.54, 1.807) is 12.1 Å². The number of aromatic nitrogens is 3. The molecule has 10 rings (SSSR count). The van der Waals surface area contributed by atoms with Crippen LogP contribution in [-0.4, -0.2) is 22.6 Å². The number of hydrogen-bond donors (Lipinski definition) is 0. The van der Waals surface area contributed by atoms with Gasteiger partial charge >= 0.3 is 0 Å². The SMILES string of the molecule is [2H]C([2H])([2H])c1c[c-]c(-c2ccc([Si](C)(C)C)cn2)cc1.[Ir].[c-]1ccc2c(oc3ccccc32)c1-c1nc2ccccc2n1-c1ccc(-c2ccccc2)cc1-c1ccccc1. The summed E-state index contributed by atoms with van der Waals surface area (Å²) in [7, 11) is -1.34. The Bertz CT molecular complexity index is 3050. The average Bonchev–Trinajstić information content (AvgIpc) is 3.86. The first kappa shape index (κ1) is 35.0. The van der Waals surface area contributed by atoms with Crippen molar-refractivity contribution in [2.45, 2.75) is 26.5 Å². The number of aryl methyl sites for hydroxylation is 1. The van der Waals surface area contributed by atoms with Crippen molar-refractivity contribution in [3.8, 4) is 50.6 Å². The maximum atomic E-state index is 7.35. The number of nitrogens with zero attached hydrogens (tertiary/aromatic N) is 3. The van der Waals surface area contributed by atoms with Gasteiger partial charge in [-0.3, -0.25) is 4.98 Å². The smallest absolute Gasteiger partial charge is 0.120 e. The molecule has 6 heteroatoms. The van der Waals surface area contributed by atoms with Crippen molar-refractivity contribution in [1.29, 1.82) is 0 Å². The second-order valence-electron chi connectivity index (χ2n) is 15.1. The summed E-state index contributed by atoms with van der Waals surface area (Å²) in [5.41, 5.74) is 12.1. The van der Waals surface area contributed by atoms with E-state index in [2.05, 4.69) is 157 Å². The van der Waals surface area contributed by atoms with Crippen LogP contribution in [0.2, 0.25) is 19.6 Å². The molecule has 3 heterocycles. The maximum Gasteiger partial charge on any atom is 0.120 e. The topological polar surface area (TPSA) is 43.9 Å². The Balaban J connectivity index is 0.000000208. The summed E-state index contributed by atoms with van der Waals surface area (Å²) >= 11 is 0. The summed E-state index contributed by atoms with van der Waals surface area (Å²) in [6.45, 7) is 4.76. The van der Waals surface area contributed by atoms with Crippen LogP contribution in [0.15, 0.2) is 180 Å². The number of hydrogen-bond acceptors (Lipinski definition) is 3. The van der Waals surface area contributed by atoms with Crippen LogP contribution >= 0.6 is 0 Å². The van der Waals surface area contributed by atoms with Gasteiger partial charge in [-0.25, -0.2) is 0 Å². The third-order valence-corrected chi connectivity index (χ3v) is 12.3. The Morgan fingerprint density at radius 3 is 2.14 bits per heavy atom. The first-order chi connectivity index (χ1) is 29.0. The summed E-state index contributed by atoms with van der Waals surface area (Å²) in [4.78, 5) is 9.64. The Labute approximate surface area is 358 Å². The van der Waals surface area contributed by atoms with Crippen LogP contribution in [0.25, 0.3) is 83.6 Å². The van der Waals surface area contributed by atoms with Gasteiger partial charge in [-0.1, -0.05) is 147 Å². The molecule has 0 saturated heterocycles. The number of imidazole rings is 1. The zero-order chi connectivity index (χ0) is 41.4. The van der Waals surface area contributed by atoms with Crippen molar-refractivity contribution in [3.63, 3.8) is 0 Å². The van der Waals surface area contributed by atoms with Crippen molar-refractivity contribution < 1.29 is 28.6 Å². The van der Waals surface area contributed by atoms with Crippen molar-refractivity contribution in [2.75, 3.05) is 0 Å². The Hall–Kier alpha value is -6.17. The van der Waals surface area contributed by atoms with Gasteiger partial charge in [0.2, 0.25) is 0 Å². The molecule has 0 spiro atoms. The molecule has 0 saturated carbocycles. The molecule has 0 aliphatic heterocycles. The zero-order valence-electron chi connectivity index (χ0n) is 35.3. The minimum atomic E-state index is -2.08. The number of furan rings is 1. The molecule has 7 aromatic carbocycles. The first-order valence-electron chi connectivity index (χ1n) is 20.6. The van der Waals surface area contributed by atoms with Gasteiger partial charge in [-0.05, 0) is 57.9 Å². The molecule has 58 heavy (non-hydrogen) atoms. The number of fused-ring (bicyclic) bond motifs is 4. The predicted molar refractivity (Wildman–Crippen MR) is 240 cm³/mol. The molecule has 3 aromatic heterocycles. The third kappa shape index (κ3) is 7.62. The van der Waals surface area contributed by atoms with Crippen LogP contribution in [0.1, 0.15) is 9.68 Å². The fraction of sp³-hybridized carbons (Fsp3) is 0.0769. The van der Waals surface area contributed by atoms with Crippen LogP contribution in [0.4, 0.5) is 0 Å². The molecule has 0 N–H and O–H groups in total. The second kappa shape index (κ2) is 16.4.